The molecule has 1 aromatic heterocycles. The Bertz CT molecular complexity index is 1800. The van der Waals surface area contributed by atoms with Crippen molar-refractivity contribution in [1.82, 2.24) is 4.57 Å². The van der Waals surface area contributed by atoms with E-state index in [1.54, 1.807) is 12.1 Å². The van der Waals surface area contributed by atoms with Crippen molar-refractivity contribution in [2.45, 2.75) is 26.4 Å². The van der Waals surface area contributed by atoms with Crippen molar-refractivity contribution in [2.75, 3.05) is 0 Å². The SMILES string of the molecule is CC1=CC(C)CC(n2c(O)c(N=Nc3cccc(-c4cccc(C(=O)O)c4)c3O)c3c(F)cc(C(F)(F)F)cc32)=C1. The number of alkyl halides is 3. The van der Waals surface area contributed by atoms with Gasteiger partial charge in [-0.05, 0) is 61.2 Å². The van der Waals surface area contributed by atoms with E-state index in [0.717, 1.165) is 16.2 Å². The molecule has 0 aliphatic heterocycles. The van der Waals surface area contributed by atoms with Gasteiger partial charge in [-0.15, -0.1) is 10.2 Å². The molecule has 0 fully saturated rings. The number of azo groups is 1. The Labute approximate surface area is 231 Å². The van der Waals surface area contributed by atoms with Gasteiger partial charge < -0.3 is 15.3 Å². The molecule has 1 heterocycles. The van der Waals surface area contributed by atoms with Crippen LogP contribution in [-0.4, -0.2) is 25.9 Å². The highest BCUT2D eigenvalue weighted by Gasteiger charge is 2.34. The van der Waals surface area contributed by atoms with Crippen LogP contribution in [0.5, 0.6) is 11.6 Å². The third-order valence-electron chi connectivity index (χ3n) is 6.75. The number of aromatic nitrogens is 1. The summed E-state index contributed by atoms with van der Waals surface area (Å²) < 4.78 is 57.2. The van der Waals surface area contributed by atoms with Crippen molar-refractivity contribution in [3.63, 3.8) is 0 Å². The number of benzene rings is 3. The largest absolute Gasteiger partial charge is 0.505 e. The zero-order valence-electron chi connectivity index (χ0n) is 21.7. The second kappa shape index (κ2) is 10.2. The minimum Gasteiger partial charge on any atom is -0.505 e. The predicted molar refractivity (Wildman–Crippen MR) is 145 cm³/mol. The maximum absolute atomic E-state index is 15.3. The Hall–Kier alpha value is -4.93. The lowest BCUT2D eigenvalue weighted by Gasteiger charge is -2.20. The number of aromatic hydroxyl groups is 2. The van der Waals surface area contributed by atoms with Gasteiger partial charge in [0.25, 0.3) is 0 Å². The molecule has 3 N–H and O–H groups in total. The second-order valence-electron chi connectivity index (χ2n) is 9.84. The van der Waals surface area contributed by atoms with E-state index in [1.165, 1.54) is 36.4 Å². The van der Waals surface area contributed by atoms with Crippen LogP contribution < -0.4 is 0 Å². The lowest BCUT2D eigenvalue weighted by Crippen LogP contribution is -2.08. The van der Waals surface area contributed by atoms with Crippen LogP contribution in [0.25, 0.3) is 27.7 Å². The summed E-state index contributed by atoms with van der Waals surface area (Å²) in [4.78, 5) is 11.4. The first kappa shape index (κ1) is 27.6. The molecule has 7 nitrogen and oxygen atoms in total. The number of hydrogen-bond acceptors (Lipinski definition) is 5. The van der Waals surface area contributed by atoms with E-state index in [-0.39, 0.29) is 39.4 Å². The summed E-state index contributed by atoms with van der Waals surface area (Å²) in [5, 5.41) is 39.0. The van der Waals surface area contributed by atoms with E-state index in [1.807, 2.05) is 19.9 Å². The number of phenolic OH excluding ortho intramolecular Hbond substituents is 1. The number of nitrogens with zero attached hydrogens (tertiary/aromatic N) is 3. The van der Waals surface area contributed by atoms with Crippen molar-refractivity contribution in [3.8, 4) is 22.8 Å². The molecule has 0 saturated carbocycles. The highest BCUT2D eigenvalue weighted by molar-refractivity contribution is 5.98. The third kappa shape index (κ3) is 5.18. The Balaban J connectivity index is 1.68. The molecular formula is C30H23F4N3O4. The quantitative estimate of drug-likeness (QED) is 0.166. The number of halogens is 4. The van der Waals surface area contributed by atoms with Gasteiger partial charge in [0.1, 0.15) is 11.5 Å². The summed E-state index contributed by atoms with van der Waals surface area (Å²) >= 11 is 0. The van der Waals surface area contributed by atoms with E-state index >= 15 is 4.39 Å². The number of para-hydroxylation sites is 1. The number of carbonyl (C=O) groups is 1. The number of fused-ring (bicyclic) bond motifs is 1. The molecule has 5 rings (SSSR count). The molecular weight excluding hydrogens is 542 g/mol. The number of rotatable bonds is 5. The summed E-state index contributed by atoms with van der Waals surface area (Å²) in [6.45, 7) is 3.71. The average molecular weight is 566 g/mol. The van der Waals surface area contributed by atoms with E-state index in [4.69, 9.17) is 0 Å². The topological polar surface area (TPSA) is 107 Å². The summed E-state index contributed by atoms with van der Waals surface area (Å²) in [6, 6.07) is 11.4. The lowest BCUT2D eigenvalue weighted by atomic mass is 9.96. The molecule has 41 heavy (non-hydrogen) atoms. The molecule has 0 radical (unpaired) electrons. The molecule has 0 spiro atoms. The van der Waals surface area contributed by atoms with Crippen molar-refractivity contribution in [1.29, 1.82) is 0 Å². The van der Waals surface area contributed by atoms with Gasteiger partial charge in [0.15, 0.2) is 11.4 Å². The number of hydrogen-bond donors (Lipinski definition) is 3. The van der Waals surface area contributed by atoms with Crippen LogP contribution in [0, 0.1) is 11.7 Å². The molecule has 4 aromatic rings. The van der Waals surface area contributed by atoms with E-state index < -0.39 is 35.1 Å². The van der Waals surface area contributed by atoms with Crippen LogP contribution in [0.2, 0.25) is 0 Å². The Morgan fingerprint density at radius 3 is 2.46 bits per heavy atom. The van der Waals surface area contributed by atoms with Crippen molar-refractivity contribution in [2.24, 2.45) is 16.1 Å². The normalized spacial score (nSPS) is 15.8. The summed E-state index contributed by atoms with van der Waals surface area (Å²) in [5.41, 5.74) is -0.0859. The first-order chi connectivity index (χ1) is 19.3. The fourth-order valence-electron chi connectivity index (χ4n) is 5.02. The minimum atomic E-state index is -4.84. The molecule has 1 unspecified atom stereocenters. The Morgan fingerprint density at radius 1 is 1.05 bits per heavy atom. The van der Waals surface area contributed by atoms with Gasteiger partial charge in [-0.25, -0.2) is 9.18 Å². The van der Waals surface area contributed by atoms with E-state index in [2.05, 4.69) is 10.2 Å². The van der Waals surface area contributed by atoms with E-state index in [0.29, 0.717) is 23.7 Å². The highest BCUT2D eigenvalue weighted by atomic mass is 19.4. The fourth-order valence-corrected chi connectivity index (χ4v) is 5.02. The first-order valence-electron chi connectivity index (χ1n) is 12.5. The predicted octanol–water partition coefficient (Wildman–Crippen LogP) is 8.82. The lowest BCUT2D eigenvalue weighted by molar-refractivity contribution is -0.137. The molecule has 1 atom stereocenters. The molecule has 0 bridgehead atoms. The van der Waals surface area contributed by atoms with Gasteiger partial charge in [0, 0.05) is 11.3 Å². The fraction of sp³-hybridized carbons (Fsp3) is 0.167. The molecule has 0 amide bonds. The van der Waals surface area contributed by atoms with Gasteiger partial charge >= 0.3 is 12.1 Å². The molecule has 11 heteroatoms. The van der Waals surface area contributed by atoms with Crippen molar-refractivity contribution >= 4 is 33.9 Å². The molecule has 3 aromatic carbocycles. The molecule has 0 saturated heterocycles. The van der Waals surface area contributed by atoms with Gasteiger partial charge in [-0.2, -0.15) is 13.2 Å². The summed E-state index contributed by atoms with van der Waals surface area (Å²) in [5.74, 6) is -3.38. The smallest absolute Gasteiger partial charge is 0.416 e. The second-order valence-corrected chi connectivity index (χ2v) is 9.84. The maximum Gasteiger partial charge on any atom is 0.416 e. The Kier molecular flexibility index (Phi) is 6.90. The molecule has 1 aliphatic rings. The summed E-state index contributed by atoms with van der Waals surface area (Å²) in [7, 11) is 0. The van der Waals surface area contributed by atoms with Gasteiger partial charge in [-0.1, -0.05) is 42.8 Å². The van der Waals surface area contributed by atoms with Gasteiger partial charge in [0.05, 0.1) is 22.0 Å². The highest BCUT2D eigenvalue weighted by Crippen LogP contribution is 2.47. The van der Waals surface area contributed by atoms with E-state index in [9.17, 15) is 33.3 Å². The maximum atomic E-state index is 15.3. The number of carboxylic acid groups (broad SMARTS) is 1. The van der Waals surface area contributed by atoms with Crippen LogP contribution in [0.3, 0.4) is 0 Å². The van der Waals surface area contributed by atoms with Crippen LogP contribution in [0.1, 0.15) is 36.2 Å². The zero-order valence-corrected chi connectivity index (χ0v) is 21.7. The van der Waals surface area contributed by atoms with Crippen molar-refractivity contribution in [3.05, 3.63) is 89.3 Å². The third-order valence-corrected chi connectivity index (χ3v) is 6.75. The number of carboxylic acids is 1. The monoisotopic (exact) mass is 565 g/mol. The van der Waals surface area contributed by atoms with Crippen LogP contribution in [0.4, 0.5) is 28.9 Å². The summed E-state index contributed by atoms with van der Waals surface area (Å²) in [6.07, 6.45) is -0.813. The minimum absolute atomic E-state index is 0.00298. The standard InChI is InChI=1S/C30H23F4N3O4/c1-15-9-16(2)11-20(10-15)37-24-14-19(30(32,33)34)13-22(31)25(24)26(28(37)39)36-35-23-8-4-7-21(27(23)38)17-5-3-6-18(12-17)29(40)41/h3-10,12-14,16,38-39H,11H2,1-2H3,(H,40,41). The van der Waals surface area contributed by atoms with Crippen molar-refractivity contribution < 1.29 is 37.7 Å². The number of phenols is 1. The zero-order chi connectivity index (χ0) is 29.6. The van der Waals surface area contributed by atoms with Crippen LogP contribution in [-0.2, 0) is 6.18 Å². The number of aromatic carboxylic acids is 1. The van der Waals surface area contributed by atoms with Gasteiger partial charge in [0.2, 0.25) is 5.88 Å². The van der Waals surface area contributed by atoms with Gasteiger partial charge in [-0.3, -0.25) is 4.57 Å². The Morgan fingerprint density at radius 2 is 1.78 bits per heavy atom. The average Bonchev–Trinajstić information content (AvgIpc) is 3.18. The first-order valence-corrected chi connectivity index (χ1v) is 12.5. The van der Waals surface area contributed by atoms with Crippen LogP contribution >= 0.6 is 0 Å². The molecule has 1 aliphatic carbocycles. The molecule has 210 valence electrons. The van der Waals surface area contributed by atoms with Crippen LogP contribution in [0.15, 0.2) is 82.6 Å². The number of allylic oxidation sites excluding steroid dienone is 4.